The smallest absolute Gasteiger partial charge is 0.323 e. The molecule has 1 saturated heterocycles. The maximum atomic E-state index is 12.5. The fourth-order valence-electron chi connectivity index (χ4n) is 3.83. The average Bonchev–Trinajstić information content (AvgIpc) is 2.87. The number of carbonyl (C=O) groups is 1. The van der Waals surface area contributed by atoms with E-state index >= 15 is 0 Å². The number of urea groups is 1. The van der Waals surface area contributed by atoms with Crippen LogP contribution in [-0.4, -0.2) is 67.6 Å². The largest absolute Gasteiger partial charge is 0.490 e. The van der Waals surface area contributed by atoms with Gasteiger partial charge in [0.05, 0.1) is 18.9 Å². The van der Waals surface area contributed by atoms with Crippen LogP contribution in [0.3, 0.4) is 0 Å². The summed E-state index contributed by atoms with van der Waals surface area (Å²) in [6.45, 7) is 8.82. The molecule has 2 N–H and O–H groups in total. The van der Waals surface area contributed by atoms with Gasteiger partial charge in [0.15, 0.2) is 17.3 Å². The van der Waals surface area contributed by atoms with Crippen LogP contribution < -0.4 is 25.0 Å². The number of anilines is 3. The number of nitrogens with zero attached hydrogens (tertiary/aromatic N) is 4. The van der Waals surface area contributed by atoms with E-state index in [1.807, 2.05) is 50.2 Å². The lowest BCUT2D eigenvalue weighted by Gasteiger charge is -2.32. The zero-order valence-electron chi connectivity index (χ0n) is 20.5. The minimum atomic E-state index is -0.347. The maximum absolute atomic E-state index is 12.5. The first-order chi connectivity index (χ1) is 17.1. The first-order valence-electron chi connectivity index (χ1n) is 11.9. The predicted octanol–water partition coefficient (Wildman–Crippen LogP) is 4.34. The van der Waals surface area contributed by atoms with Crippen LogP contribution in [0.2, 0.25) is 0 Å². The number of hydrogen-bond donors (Lipinski definition) is 2. The van der Waals surface area contributed by atoms with E-state index < -0.39 is 0 Å². The van der Waals surface area contributed by atoms with Crippen molar-refractivity contribution in [1.29, 1.82) is 0 Å². The highest BCUT2D eigenvalue weighted by molar-refractivity contribution is 6.00. The number of carbonyl (C=O) groups excluding carboxylic acids is 1. The molecule has 1 aliphatic rings. The Morgan fingerprint density at radius 1 is 0.829 bits per heavy atom. The number of nitrogens with one attached hydrogen (secondary N) is 2. The van der Waals surface area contributed by atoms with Crippen molar-refractivity contribution in [1.82, 2.24) is 15.1 Å². The van der Waals surface area contributed by atoms with Gasteiger partial charge < -0.3 is 29.9 Å². The third-order valence-electron chi connectivity index (χ3n) is 5.72. The van der Waals surface area contributed by atoms with Gasteiger partial charge in [0.1, 0.15) is 0 Å². The van der Waals surface area contributed by atoms with Gasteiger partial charge in [-0.05, 0) is 57.3 Å². The van der Waals surface area contributed by atoms with E-state index in [9.17, 15) is 4.79 Å². The molecule has 4 rings (SSSR count). The van der Waals surface area contributed by atoms with Gasteiger partial charge in [0.25, 0.3) is 0 Å². The topological polar surface area (TPSA) is 91.9 Å². The normalized spacial score (nSPS) is 13.9. The summed E-state index contributed by atoms with van der Waals surface area (Å²) in [7, 11) is 2.13. The van der Waals surface area contributed by atoms with E-state index in [-0.39, 0.29) is 6.03 Å². The molecule has 35 heavy (non-hydrogen) atoms. The molecular formula is C26H32N6O3. The van der Waals surface area contributed by atoms with Crippen molar-refractivity contribution >= 4 is 23.2 Å². The Labute approximate surface area is 206 Å². The molecule has 1 fully saturated rings. The minimum absolute atomic E-state index is 0.347. The molecule has 1 aromatic heterocycles. The maximum Gasteiger partial charge on any atom is 0.323 e. The molecule has 0 bridgehead atoms. The summed E-state index contributed by atoms with van der Waals surface area (Å²) in [5, 5.41) is 14.5. The number of rotatable bonds is 8. The molecule has 0 saturated carbocycles. The highest BCUT2D eigenvalue weighted by Gasteiger charge is 2.16. The summed E-state index contributed by atoms with van der Waals surface area (Å²) in [5.74, 6) is 2.14. The highest BCUT2D eigenvalue weighted by Crippen LogP contribution is 2.30. The molecule has 0 aliphatic carbocycles. The van der Waals surface area contributed by atoms with E-state index in [4.69, 9.17) is 9.47 Å². The third kappa shape index (κ3) is 6.39. The first-order valence-corrected chi connectivity index (χ1v) is 11.9. The van der Waals surface area contributed by atoms with Crippen LogP contribution in [0.25, 0.3) is 11.3 Å². The van der Waals surface area contributed by atoms with Gasteiger partial charge in [0.2, 0.25) is 0 Å². The molecule has 3 aromatic rings. The Bertz CT molecular complexity index is 1110. The zero-order chi connectivity index (χ0) is 24.6. The van der Waals surface area contributed by atoms with Crippen molar-refractivity contribution in [2.45, 2.75) is 13.8 Å². The molecule has 9 heteroatoms. The summed E-state index contributed by atoms with van der Waals surface area (Å²) in [5.41, 5.74) is 3.00. The Morgan fingerprint density at radius 2 is 1.49 bits per heavy atom. The molecular weight excluding hydrogens is 444 g/mol. The van der Waals surface area contributed by atoms with E-state index in [0.717, 1.165) is 43.3 Å². The number of amides is 2. The van der Waals surface area contributed by atoms with Crippen molar-refractivity contribution < 1.29 is 14.3 Å². The Kier molecular flexibility index (Phi) is 7.99. The van der Waals surface area contributed by atoms with Crippen LogP contribution in [0.1, 0.15) is 13.8 Å². The van der Waals surface area contributed by atoms with Crippen LogP contribution in [0, 0.1) is 0 Å². The van der Waals surface area contributed by atoms with E-state index in [2.05, 4.69) is 37.7 Å². The second kappa shape index (κ2) is 11.5. The summed E-state index contributed by atoms with van der Waals surface area (Å²) >= 11 is 0. The molecule has 184 valence electrons. The predicted molar refractivity (Wildman–Crippen MR) is 139 cm³/mol. The monoisotopic (exact) mass is 476 g/mol. The van der Waals surface area contributed by atoms with Crippen molar-refractivity contribution in [3.8, 4) is 22.8 Å². The second-order valence-corrected chi connectivity index (χ2v) is 8.25. The minimum Gasteiger partial charge on any atom is -0.490 e. The molecule has 0 radical (unpaired) electrons. The number of hydrogen-bond acceptors (Lipinski definition) is 7. The number of benzene rings is 2. The third-order valence-corrected chi connectivity index (χ3v) is 5.72. The average molecular weight is 477 g/mol. The summed E-state index contributed by atoms with van der Waals surface area (Å²) < 4.78 is 11.2. The van der Waals surface area contributed by atoms with E-state index in [1.165, 1.54) is 0 Å². The molecule has 9 nitrogen and oxygen atoms in total. The van der Waals surface area contributed by atoms with Gasteiger partial charge in [-0.2, -0.15) is 0 Å². The van der Waals surface area contributed by atoms with Crippen molar-refractivity contribution in [3.05, 3.63) is 54.6 Å². The lowest BCUT2D eigenvalue weighted by molar-refractivity contribution is 0.262. The summed E-state index contributed by atoms with van der Waals surface area (Å²) in [6, 6.07) is 16.5. The second-order valence-electron chi connectivity index (χ2n) is 8.25. The zero-order valence-corrected chi connectivity index (χ0v) is 20.5. The fourth-order valence-corrected chi connectivity index (χ4v) is 3.83. The van der Waals surface area contributed by atoms with Gasteiger partial charge in [0, 0.05) is 49.2 Å². The molecule has 0 atom stereocenters. The van der Waals surface area contributed by atoms with Gasteiger partial charge in [-0.15, -0.1) is 10.2 Å². The molecule has 2 aromatic carbocycles. The Hall–Kier alpha value is -3.85. The number of piperazine rings is 1. The quantitative estimate of drug-likeness (QED) is 0.500. The van der Waals surface area contributed by atoms with Crippen molar-refractivity contribution in [3.63, 3.8) is 0 Å². The van der Waals surface area contributed by atoms with Crippen LogP contribution >= 0.6 is 0 Å². The van der Waals surface area contributed by atoms with Gasteiger partial charge in [-0.25, -0.2) is 4.79 Å². The molecule has 2 heterocycles. The standard InChI is InChI=1S/C26H32N6O3/c1-4-34-23-12-10-21(18-24(23)35-5-2)28-26(33)27-20-8-6-19(7-9-20)22-11-13-25(30-29-22)32-16-14-31(3)15-17-32/h6-13,18H,4-5,14-17H2,1-3H3,(H2,27,28,33). The van der Waals surface area contributed by atoms with Gasteiger partial charge in [-0.1, -0.05) is 12.1 Å². The first kappa shape index (κ1) is 24.3. The summed E-state index contributed by atoms with van der Waals surface area (Å²) in [6.07, 6.45) is 0. The lowest BCUT2D eigenvalue weighted by Crippen LogP contribution is -2.44. The van der Waals surface area contributed by atoms with Crippen LogP contribution in [0.4, 0.5) is 22.0 Å². The van der Waals surface area contributed by atoms with Crippen LogP contribution in [0.15, 0.2) is 54.6 Å². The van der Waals surface area contributed by atoms with Crippen molar-refractivity contribution in [2.24, 2.45) is 0 Å². The SMILES string of the molecule is CCOc1ccc(NC(=O)Nc2ccc(-c3ccc(N4CCN(C)CC4)nn3)cc2)cc1OCC. The summed E-state index contributed by atoms with van der Waals surface area (Å²) in [4.78, 5) is 17.1. The van der Waals surface area contributed by atoms with Crippen LogP contribution in [-0.2, 0) is 0 Å². The van der Waals surface area contributed by atoms with Crippen molar-refractivity contribution in [2.75, 3.05) is 62.0 Å². The number of likely N-dealkylation sites (N-methyl/N-ethyl adjacent to an activating group) is 1. The molecule has 2 amide bonds. The molecule has 0 unspecified atom stereocenters. The fraction of sp³-hybridized carbons (Fsp3) is 0.346. The number of aromatic nitrogens is 2. The molecule has 0 spiro atoms. The Morgan fingerprint density at radius 3 is 2.14 bits per heavy atom. The Balaban J connectivity index is 1.35. The van der Waals surface area contributed by atoms with Gasteiger partial charge >= 0.3 is 6.03 Å². The van der Waals surface area contributed by atoms with Crippen LogP contribution in [0.5, 0.6) is 11.5 Å². The van der Waals surface area contributed by atoms with E-state index in [1.54, 1.807) is 18.2 Å². The van der Waals surface area contributed by atoms with Gasteiger partial charge in [-0.3, -0.25) is 0 Å². The highest BCUT2D eigenvalue weighted by atomic mass is 16.5. The van der Waals surface area contributed by atoms with E-state index in [0.29, 0.717) is 36.1 Å². The number of ether oxygens (including phenoxy) is 2. The molecule has 1 aliphatic heterocycles. The lowest BCUT2D eigenvalue weighted by atomic mass is 10.1.